The predicted octanol–water partition coefficient (Wildman–Crippen LogP) is 22.0. The van der Waals surface area contributed by atoms with Crippen LogP contribution in [0.25, 0.3) is 122 Å². The Bertz CT molecular complexity index is 4980. The topological polar surface area (TPSA) is 13.1 Å². The molecule has 84 heavy (non-hydrogen) atoms. The molecule has 0 aliphatic heterocycles. The number of aromatic nitrogens is 2. The predicted molar refractivity (Wildman–Crippen MR) is 355 cm³/mol. The summed E-state index contributed by atoms with van der Waals surface area (Å²) in [6.45, 7) is 4.82. The summed E-state index contributed by atoms with van der Waals surface area (Å²) in [6.07, 6.45) is 0. The molecule has 0 fully saturated rings. The molecule has 1 aliphatic carbocycles. The average Bonchev–Trinajstić information content (AvgIpc) is 2.08. The first kappa shape index (κ1) is 49.1. The fourth-order valence-electron chi connectivity index (χ4n) is 13.7. The zero-order chi connectivity index (χ0) is 55.9. The number of hydrogen-bond donors (Lipinski definition) is 0. The van der Waals surface area contributed by atoms with Crippen molar-refractivity contribution in [3.8, 4) is 78.3 Å². The van der Waals surface area contributed by atoms with Crippen molar-refractivity contribution >= 4 is 60.5 Å². The number of hydrogen-bond acceptors (Lipinski definition) is 1. The fraction of sp³-hybridized carbons (Fsp3) is 0.0370. The van der Waals surface area contributed by atoms with Gasteiger partial charge in [-0.3, -0.25) is 0 Å². The maximum atomic E-state index is 2.52. The highest BCUT2D eigenvalue weighted by molar-refractivity contribution is 6.18. The van der Waals surface area contributed by atoms with Gasteiger partial charge in [-0.15, -0.1) is 0 Å². The van der Waals surface area contributed by atoms with Gasteiger partial charge in [0.15, 0.2) is 0 Å². The van der Waals surface area contributed by atoms with Gasteiger partial charge in [0.1, 0.15) is 0 Å². The van der Waals surface area contributed by atoms with E-state index in [0.717, 1.165) is 28.4 Å². The Labute approximate surface area is 489 Å². The Balaban J connectivity index is 0.833. The van der Waals surface area contributed by atoms with Crippen LogP contribution in [-0.4, -0.2) is 9.13 Å². The van der Waals surface area contributed by atoms with Crippen molar-refractivity contribution in [2.45, 2.75) is 19.3 Å². The molecule has 13 aromatic carbocycles. The van der Waals surface area contributed by atoms with Crippen molar-refractivity contribution in [1.29, 1.82) is 0 Å². The van der Waals surface area contributed by atoms with Gasteiger partial charge in [0.05, 0.1) is 22.2 Å². The smallest absolute Gasteiger partial charge is 0.0620 e. The second kappa shape index (κ2) is 19.8. The maximum absolute atomic E-state index is 2.52. The van der Waals surface area contributed by atoms with E-state index in [0.29, 0.717) is 0 Å². The SMILES string of the molecule is CC1(C)c2cc(-c3cccc4c3ccc3c(-c5ccccc5)c(-c5ccccc5)n(-c5ccc(-c6ccccc6)cc5)c34)ccc2-c2ccc(N(c3ccc(-c4ccccc4)cc3)c3ccc4c(c3)c3ccccc3n4-c3ccccc3)cc21. The van der Waals surface area contributed by atoms with Gasteiger partial charge in [-0.2, -0.15) is 0 Å². The van der Waals surface area contributed by atoms with Gasteiger partial charge < -0.3 is 14.0 Å². The lowest BCUT2D eigenvalue weighted by atomic mass is 9.81. The minimum atomic E-state index is -0.305. The second-order valence-electron chi connectivity index (χ2n) is 22.8. The normalized spacial score (nSPS) is 12.5. The lowest BCUT2D eigenvalue weighted by molar-refractivity contribution is 0.660. The Hall–Kier alpha value is -10.7. The van der Waals surface area contributed by atoms with Crippen LogP contribution in [0.15, 0.2) is 309 Å². The number of nitrogens with zero attached hydrogens (tertiary/aromatic N) is 3. The molecule has 3 nitrogen and oxygen atoms in total. The van der Waals surface area contributed by atoms with Crippen LogP contribution in [0, 0.1) is 0 Å². The van der Waals surface area contributed by atoms with Crippen LogP contribution in [0.3, 0.4) is 0 Å². The molecule has 2 heterocycles. The summed E-state index contributed by atoms with van der Waals surface area (Å²) in [6, 6.07) is 114. The highest BCUT2D eigenvalue weighted by atomic mass is 15.1. The highest BCUT2D eigenvalue weighted by Crippen LogP contribution is 2.53. The summed E-state index contributed by atoms with van der Waals surface area (Å²) in [5.41, 5.74) is 26.1. The maximum Gasteiger partial charge on any atom is 0.0620 e. The lowest BCUT2D eigenvalue weighted by Gasteiger charge is -2.28. The summed E-state index contributed by atoms with van der Waals surface area (Å²) in [5, 5.41) is 6.10. The minimum Gasteiger partial charge on any atom is -0.310 e. The van der Waals surface area contributed by atoms with Crippen molar-refractivity contribution in [2.75, 3.05) is 4.90 Å². The van der Waals surface area contributed by atoms with Crippen LogP contribution in [0.4, 0.5) is 17.1 Å². The zero-order valence-electron chi connectivity index (χ0n) is 46.8. The molecule has 0 amide bonds. The Morgan fingerprint density at radius 3 is 1.43 bits per heavy atom. The van der Waals surface area contributed by atoms with Crippen molar-refractivity contribution in [3.63, 3.8) is 0 Å². The van der Waals surface area contributed by atoms with Crippen molar-refractivity contribution in [1.82, 2.24) is 9.13 Å². The first-order valence-electron chi connectivity index (χ1n) is 29.2. The van der Waals surface area contributed by atoms with Crippen LogP contribution in [0.1, 0.15) is 25.0 Å². The van der Waals surface area contributed by atoms with E-state index in [4.69, 9.17) is 0 Å². The van der Waals surface area contributed by atoms with Gasteiger partial charge in [0, 0.05) is 61.0 Å². The third-order valence-electron chi connectivity index (χ3n) is 17.7. The van der Waals surface area contributed by atoms with Crippen LogP contribution < -0.4 is 4.90 Å². The highest BCUT2D eigenvalue weighted by Gasteiger charge is 2.37. The molecule has 16 rings (SSSR count). The molecule has 15 aromatic rings. The first-order valence-corrected chi connectivity index (χ1v) is 29.2. The molecular weight excluding hydrogens is 1010 g/mol. The fourth-order valence-corrected chi connectivity index (χ4v) is 13.7. The summed E-state index contributed by atoms with van der Waals surface area (Å²) < 4.78 is 4.92. The monoisotopic (exact) mass is 1070 g/mol. The molecule has 0 bridgehead atoms. The van der Waals surface area contributed by atoms with Crippen LogP contribution in [0.5, 0.6) is 0 Å². The van der Waals surface area contributed by atoms with E-state index in [1.54, 1.807) is 0 Å². The van der Waals surface area contributed by atoms with Gasteiger partial charge in [-0.25, -0.2) is 0 Å². The number of rotatable bonds is 10. The number of benzene rings is 13. The number of fused-ring (bicyclic) bond motifs is 9. The van der Waals surface area contributed by atoms with E-state index in [1.165, 1.54) is 122 Å². The minimum absolute atomic E-state index is 0.305. The summed E-state index contributed by atoms with van der Waals surface area (Å²) in [4.78, 5) is 2.45. The quantitative estimate of drug-likeness (QED) is 0.133. The van der Waals surface area contributed by atoms with E-state index < -0.39 is 0 Å². The molecule has 0 saturated carbocycles. The third kappa shape index (κ3) is 7.96. The van der Waals surface area contributed by atoms with E-state index in [-0.39, 0.29) is 5.41 Å². The largest absolute Gasteiger partial charge is 0.310 e. The number of anilines is 3. The van der Waals surface area contributed by atoms with E-state index in [9.17, 15) is 0 Å². The van der Waals surface area contributed by atoms with E-state index in [2.05, 4.69) is 337 Å². The van der Waals surface area contributed by atoms with Gasteiger partial charge in [-0.05, 0) is 151 Å². The molecule has 0 unspecified atom stereocenters. The van der Waals surface area contributed by atoms with Crippen LogP contribution >= 0.6 is 0 Å². The molecular formula is C81H57N3. The van der Waals surface area contributed by atoms with Crippen molar-refractivity contribution in [3.05, 3.63) is 321 Å². The number of para-hydroxylation sites is 2. The molecule has 396 valence electrons. The van der Waals surface area contributed by atoms with Crippen molar-refractivity contribution < 1.29 is 0 Å². The van der Waals surface area contributed by atoms with Gasteiger partial charge >= 0.3 is 0 Å². The third-order valence-corrected chi connectivity index (χ3v) is 17.7. The molecule has 3 heteroatoms. The molecule has 0 saturated heterocycles. The molecule has 0 atom stereocenters. The molecule has 0 radical (unpaired) electrons. The molecule has 0 N–H and O–H groups in total. The first-order chi connectivity index (χ1) is 41.4. The van der Waals surface area contributed by atoms with Gasteiger partial charge in [0.2, 0.25) is 0 Å². The van der Waals surface area contributed by atoms with Gasteiger partial charge in [0.25, 0.3) is 0 Å². The molecule has 1 aliphatic rings. The Kier molecular flexibility index (Phi) is 11.6. The Morgan fingerprint density at radius 1 is 0.274 bits per heavy atom. The molecule has 2 aromatic heterocycles. The molecule has 0 spiro atoms. The van der Waals surface area contributed by atoms with Crippen LogP contribution in [0.2, 0.25) is 0 Å². The lowest BCUT2D eigenvalue weighted by Crippen LogP contribution is -2.16. The standard InChI is InChI=1S/C81H57N3/c1-81(2)74-51-60(66-32-20-33-71-67(66)48-49-72-78(58-25-12-5-13-26-58)79(59-27-14-6-15-28-59)84(80(71)72)63-42-37-57(38-43-63)55-23-10-4-11-24-55)39-46-68(74)69-47-44-65(53-75(69)81)82(62-40-35-56(36-41-62)54-21-8-3-9-22-54)64-45-50-77-73(52-64)70-31-18-19-34-76(70)83(77)61-29-16-7-17-30-61/h3-53H,1-2H3. The van der Waals surface area contributed by atoms with Crippen LogP contribution in [-0.2, 0) is 5.41 Å². The summed E-state index contributed by atoms with van der Waals surface area (Å²) in [7, 11) is 0. The zero-order valence-corrected chi connectivity index (χ0v) is 46.8. The Morgan fingerprint density at radius 2 is 0.750 bits per heavy atom. The second-order valence-corrected chi connectivity index (χ2v) is 22.8. The summed E-state index contributed by atoms with van der Waals surface area (Å²) >= 11 is 0. The van der Waals surface area contributed by atoms with E-state index in [1.807, 2.05) is 0 Å². The summed E-state index contributed by atoms with van der Waals surface area (Å²) in [5.74, 6) is 0. The van der Waals surface area contributed by atoms with Gasteiger partial charge in [-0.1, -0.05) is 244 Å². The van der Waals surface area contributed by atoms with Crippen molar-refractivity contribution in [2.24, 2.45) is 0 Å². The average molecular weight is 1070 g/mol. The van der Waals surface area contributed by atoms with E-state index >= 15 is 0 Å².